The lowest BCUT2D eigenvalue weighted by Gasteiger charge is -2.12. The van der Waals surface area contributed by atoms with Gasteiger partial charge in [0.05, 0.1) is 6.61 Å². The van der Waals surface area contributed by atoms with E-state index in [1.54, 1.807) is 0 Å². The summed E-state index contributed by atoms with van der Waals surface area (Å²) in [5.41, 5.74) is 2.72. The summed E-state index contributed by atoms with van der Waals surface area (Å²) in [6.45, 7) is 0.620. The molecule has 3 rings (SSSR count). The summed E-state index contributed by atoms with van der Waals surface area (Å²) < 4.78 is 0. The van der Waals surface area contributed by atoms with Crippen molar-refractivity contribution in [1.29, 1.82) is 0 Å². The van der Waals surface area contributed by atoms with Gasteiger partial charge in [-0.15, -0.1) is 0 Å². The van der Waals surface area contributed by atoms with E-state index in [-0.39, 0.29) is 5.41 Å². The first-order valence-corrected chi connectivity index (χ1v) is 5.24. The van der Waals surface area contributed by atoms with Crippen LogP contribution in [0.5, 0.6) is 0 Å². The van der Waals surface area contributed by atoms with E-state index in [2.05, 4.69) is 29.4 Å². The van der Waals surface area contributed by atoms with Crippen molar-refractivity contribution in [3.05, 3.63) is 36.0 Å². The molecule has 0 spiro atoms. The lowest BCUT2D eigenvalue weighted by atomic mass is 9.96. The molecule has 2 aromatic rings. The van der Waals surface area contributed by atoms with Gasteiger partial charge in [-0.3, -0.25) is 0 Å². The van der Waals surface area contributed by atoms with Crippen LogP contribution in [0.1, 0.15) is 18.4 Å². The summed E-state index contributed by atoms with van der Waals surface area (Å²) in [4.78, 5) is 8.12. The summed E-state index contributed by atoms with van der Waals surface area (Å²) >= 11 is 0. The minimum absolute atomic E-state index is 0.175. The molecule has 0 unspecified atom stereocenters. The van der Waals surface area contributed by atoms with Gasteiger partial charge < -0.3 is 9.82 Å². The number of hydrogen-bond donors (Lipinski definition) is 2. The van der Waals surface area contributed by atoms with Gasteiger partial charge in [0, 0.05) is 22.5 Å². The first kappa shape index (κ1) is 8.95. The summed E-state index contributed by atoms with van der Waals surface area (Å²) in [6.07, 6.45) is 4.44. The van der Waals surface area contributed by atoms with E-state index in [4.69, 9.17) is 10.7 Å². The summed E-state index contributed by atoms with van der Waals surface area (Å²) in [7, 11) is 0. The number of aromatic amines is 1. The molecule has 1 fully saturated rings. The Labute approximate surface area is 88.2 Å². The molecule has 1 aromatic carbocycles. The number of H-pyrrole nitrogens is 1. The molecule has 1 aromatic heterocycles. The Bertz CT molecular complexity index is 485. The van der Waals surface area contributed by atoms with Crippen molar-refractivity contribution in [2.45, 2.75) is 18.3 Å². The van der Waals surface area contributed by atoms with Gasteiger partial charge in [0.2, 0.25) is 0 Å². The Morgan fingerprint density at radius 2 is 2.13 bits per heavy atom. The number of nitrogens with one attached hydrogen (secondary N) is 1. The molecule has 0 amide bonds. The van der Waals surface area contributed by atoms with Gasteiger partial charge in [-0.1, -0.05) is 18.2 Å². The molecule has 0 radical (unpaired) electrons. The topological polar surface area (TPSA) is 51.0 Å². The molecule has 0 saturated heterocycles. The van der Waals surface area contributed by atoms with Gasteiger partial charge in [-0.25, -0.2) is 5.90 Å². The first-order valence-electron chi connectivity index (χ1n) is 5.24. The molecule has 0 bridgehead atoms. The molecule has 15 heavy (non-hydrogen) atoms. The second-order valence-electron chi connectivity index (χ2n) is 4.34. The zero-order chi connectivity index (χ0) is 10.3. The molecule has 78 valence electrons. The minimum atomic E-state index is 0.175. The second kappa shape index (κ2) is 3.08. The predicted molar refractivity (Wildman–Crippen MR) is 59.4 cm³/mol. The van der Waals surface area contributed by atoms with E-state index in [1.807, 2.05) is 6.07 Å². The lowest BCUT2D eigenvalue weighted by Crippen LogP contribution is -2.17. The molecule has 3 heteroatoms. The van der Waals surface area contributed by atoms with Crippen molar-refractivity contribution in [3.63, 3.8) is 0 Å². The summed E-state index contributed by atoms with van der Waals surface area (Å²) in [5, 5.41) is 1.30. The van der Waals surface area contributed by atoms with E-state index in [0.717, 1.165) is 0 Å². The molecule has 3 nitrogen and oxygen atoms in total. The second-order valence-corrected chi connectivity index (χ2v) is 4.34. The predicted octanol–water partition coefficient (Wildman–Crippen LogP) is 2.09. The molecular weight excluding hydrogens is 188 g/mol. The maximum atomic E-state index is 5.19. The highest BCUT2D eigenvalue weighted by atomic mass is 16.6. The Morgan fingerprint density at radius 1 is 1.33 bits per heavy atom. The van der Waals surface area contributed by atoms with Crippen LogP contribution in [-0.4, -0.2) is 11.6 Å². The van der Waals surface area contributed by atoms with Gasteiger partial charge in [0.15, 0.2) is 0 Å². The van der Waals surface area contributed by atoms with E-state index in [9.17, 15) is 0 Å². The molecule has 0 aliphatic heterocycles. The largest absolute Gasteiger partial charge is 0.361 e. The molecule has 3 N–H and O–H groups in total. The highest BCUT2D eigenvalue weighted by molar-refractivity contribution is 5.84. The quantitative estimate of drug-likeness (QED) is 0.749. The van der Waals surface area contributed by atoms with Crippen LogP contribution in [0.3, 0.4) is 0 Å². The number of hydrogen-bond acceptors (Lipinski definition) is 2. The van der Waals surface area contributed by atoms with Gasteiger partial charge in [-0.05, 0) is 24.5 Å². The Balaban J connectivity index is 2.11. The van der Waals surface area contributed by atoms with E-state index >= 15 is 0 Å². The maximum Gasteiger partial charge on any atom is 0.0776 e. The average Bonchev–Trinajstić information content (AvgIpc) is 2.91. The summed E-state index contributed by atoms with van der Waals surface area (Å²) in [5.74, 6) is 5.19. The standard InChI is InChI=1S/C12H14N2O/c13-15-8-12(5-6-12)10-7-14-11-4-2-1-3-9(10)11/h1-4,7,14H,5-6,8,13H2. The zero-order valence-corrected chi connectivity index (χ0v) is 8.49. The van der Waals surface area contributed by atoms with Gasteiger partial charge in [0.1, 0.15) is 0 Å². The van der Waals surface area contributed by atoms with Crippen LogP contribution in [0.2, 0.25) is 0 Å². The maximum absolute atomic E-state index is 5.19. The minimum Gasteiger partial charge on any atom is -0.361 e. The van der Waals surface area contributed by atoms with Gasteiger partial charge >= 0.3 is 0 Å². The number of aromatic nitrogens is 1. The number of fused-ring (bicyclic) bond motifs is 1. The molecule has 1 saturated carbocycles. The van der Waals surface area contributed by atoms with Crippen molar-refractivity contribution in [1.82, 2.24) is 4.98 Å². The Kier molecular flexibility index (Phi) is 1.84. The van der Waals surface area contributed by atoms with E-state index < -0.39 is 0 Å². The molecule has 0 atom stereocenters. The van der Waals surface area contributed by atoms with Crippen LogP contribution in [-0.2, 0) is 10.3 Å². The molecule has 1 aliphatic carbocycles. The highest BCUT2D eigenvalue weighted by Gasteiger charge is 2.46. The normalized spacial score (nSPS) is 18.2. The van der Waals surface area contributed by atoms with Crippen LogP contribution in [0.15, 0.2) is 30.5 Å². The summed E-state index contributed by atoms with van der Waals surface area (Å²) in [6, 6.07) is 8.36. The van der Waals surface area contributed by atoms with Crippen LogP contribution in [0, 0.1) is 0 Å². The number of para-hydroxylation sites is 1. The first-order chi connectivity index (χ1) is 7.36. The fourth-order valence-electron chi connectivity index (χ4n) is 2.31. The van der Waals surface area contributed by atoms with Crippen LogP contribution < -0.4 is 5.90 Å². The van der Waals surface area contributed by atoms with Crippen LogP contribution >= 0.6 is 0 Å². The van der Waals surface area contributed by atoms with Crippen molar-refractivity contribution in [2.24, 2.45) is 5.90 Å². The number of rotatable bonds is 3. The van der Waals surface area contributed by atoms with Crippen LogP contribution in [0.4, 0.5) is 0 Å². The van der Waals surface area contributed by atoms with Gasteiger partial charge in [0.25, 0.3) is 0 Å². The SMILES string of the molecule is NOCC1(c2c[nH]c3ccccc23)CC1. The van der Waals surface area contributed by atoms with E-state index in [0.29, 0.717) is 6.61 Å². The van der Waals surface area contributed by atoms with Crippen LogP contribution in [0.25, 0.3) is 10.9 Å². The third-order valence-corrected chi connectivity index (χ3v) is 3.37. The van der Waals surface area contributed by atoms with Crippen molar-refractivity contribution < 1.29 is 4.84 Å². The fourth-order valence-corrected chi connectivity index (χ4v) is 2.31. The van der Waals surface area contributed by atoms with Crippen molar-refractivity contribution >= 4 is 10.9 Å². The number of benzene rings is 1. The monoisotopic (exact) mass is 202 g/mol. The lowest BCUT2D eigenvalue weighted by molar-refractivity contribution is 0.116. The Hall–Kier alpha value is -1.32. The van der Waals surface area contributed by atoms with Gasteiger partial charge in [-0.2, -0.15) is 0 Å². The molecular formula is C12H14N2O. The Morgan fingerprint density at radius 3 is 2.87 bits per heavy atom. The van der Waals surface area contributed by atoms with Crippen molar-refractivity contribution in [3.8, 4) is 0 Å². The molecule has 1 heterocycles. The third-order valence-electron chi connectivity index (χ3n) is 3.37. The van der Waals surface area contributed by atoms with Crippen molar-refractivity contribution in [2.75, 3.05) is 6.61 Å². The third kappa shape index (κ3) is 1.28. The number of nitrogens with two attached hydrogens (primary N) is 1. The average molecular weight is 202 g/mol. The molecule has 1 aliphatic rings. The fraction of sp³-hybridized carbons (Fsp3) is 0.333. The zero-order valence-electron chi connectivity index (χ0n) is 8.49. The smallest absolute Gasteiger partial charge is 0.0776 e. The highest BCUT2D eigenvalue weighted by Crippen LogP contribution is 2.50. The van der Waals surface area contributed by atoms with E-state index in [1.165, 1.54) is 29.3 Å².